The Balaban J connectivity index is 1.51. The Hall–Kier alpha value is -3.62. The van der Waals surface area contributed by atoms with Crippen molar-refractivity contribution in [3.63, 3.8) is 0 Å². The summed E-state index contributed by atoms with van der Waals surface area (Å²) in [7, 11) is 0. The molecular formula is C31H29Cl2N5O2. The van der Waals surface area contributed by atoms with Crippen LogP contribution in [0.15, 0.2) is 79.1 Å². The number of benzene rings is 3. The average molecular weight is 575 g/mol. The molecule has 5 aromatic rings. The maximum Gasteiger partial charge on any atom is 0.271 e. The summed E-state index contributed by atoms with van der Waals surface area (Å²) in [6.07, 6.45) is 2.66. The molecule has 1 saturated heterocycles. The summed E-state index contributed by atoms with van der Waals surface area (Å²) in [6.45, 7) is 2.33. The number of aliphatic hydroxyl groups is 1. The molecule has 1 fully saturated rings. The number of halogens is 2. The van der Waals surface area contributed by atoms with Crippen LogP contribution >= 0.6 is 23.2 Å². The van der Waals surface area contributed by atoms with Crippen LogP contribution in [0.5, 0.6) is 0 Å². The highest BCUT2D eigenvalue weighted by Gasteiger charge is 2.32. The molecular weight excluding hydrogens is 545 g/mol. The van der Waals surface area contributed by atoms with Crippen molar-refractivity contribution in [2.75, 3.05) is 26.2 Å². The molecule has 0 radical (unpaired) electrons. The van der Waals surface area contributed by atoms with Gasteiger partial charge in [0.2, 0.25) is 0 Å². The number of hydrogen-bond donors (Lipinski definition) is 3. The van der Waals surface area contributed by atoms with E-state index in [-0.39, 0.29) is 18.6 Å². The number of rotatable bonds is 8. The monoisotopic (exact) mass is 573 g/mol. The zero-order chi connectivity index (χ0) is 27.6. The quantitative estimate of drug-likeness (QED) is 0.217. The molecule has 204 valence electrons. The van der Waals surface area contributed by atoms with Crippen LogP contribution in [0, 0.1) is 0 Å². The van der Waals surface area contributed by atoms with Gasteiger partial charge in [-0.15, -0.1) is 0 Å². The number of carbonyl (C=O) groups excluding carboxylic acids is 1. The second-order valence-corrected chi connectivity index (χ2v) is 10.9. The first-order chi connectivity index (χ1) is 19.5. The summed E-state index contributed by atoms with van der Waals surface area (Å²) in [5, 5.41) is 14.7. The first kappa shape index (κ1) is 26.6. The minimum Gasteiger partial charge on any atom is -0.395 e. The number of aromatic nitrogens is 3. The average Bonchev–Trinajstić information content (AvgIpc) is 3.70. The Kier molecular flexibility index (Phi) is 7.63. The maximum absolute atomic E-state index is 14.1. The topological polar surface area (TPSA) is 86.2 Å². The van der Waals surface area contributed by atoms with E-state index in [1.165, 1.54) is 0 Å². The van der Waals surface area contributed by atoms with Gasteiger partial charge >= 0.3 is 0 Å². The van der Waals surface area contributed by atoms with E-state index in [0.717, 1.165) is 45.4 Å². The van der Waals surface area contributed by atoms with Crippen LogP contribution in [0.1, 0.15) is 22.5 Å². The number of amides is 1. The summed E-state index contributed by atoms with van der Waals surface area (Å²) in [4.78, 5) is 24.3. The number of nitrogens with one attached hydrogen (secondary N) is 2. The zero-order valence-corrected chi connectivity index (χ0v) is 23.3. The van der Waals surface area contributed by atoms with E-state index in [9.17, 15) is 9.90 Å². The lowest BCUT2D eigenvalue weighted by Gasteiger charge is -2.18. The summed E-state index contributed by atoms with van der Waals surface area (Å²) in [6, 6.07) is 23.6. The number of H-pyrrole nitrogens is 1. The van der Waals surface area contributed by atoms with Crippen molar-refractivity contribution in [1.82, 2.24) is 24.8 Å². The molecule has 1 aliphatic rings. The van der Waals surface area contributed by atoms with Crippen molar-refractivity contribution < 1.29 is 9.90 Å². The Morgan fingerprint density at radius 2 is 1.82 bits per heavy atom. The molecule has 7 nitrogen and oxygen atoms in total. The number of imidazole rings is 1. The van der Waals surface area contributed by atoms with Crippen molar-refractivity contribution in [1.29, 1.82) is 0 Å². The molecule has 9 heteroatoms. The fourth-order valence-corrected chi connectivity index (χ4v) is 5.77. The van der Waals surface area contributed by atoms with Crippen LogP contribution < -0.4 is 5.32 Å². The molecule has 0 saturated carbocycles. The third kappa shape index (κ3) is 5.25. The number of carbonyl (C=O) groups is 1. The van der Waals surface area contributed by atoms with Crippen LogP contribution in [0.25, 0.3) is 33.4 Å². The summed E-state index contributed by atoms with van der Waals surface area (Å²) in [5.74, 6) is -0.0751. The molecule has 3 heterocycles. The molecule has 40 heavy (non-hydrogen) atoms. The van der Waals surface area contributed by atoms with E-state index in [1.54, 1.807) is 0 Å². The lowest BCUT2D eigenvalue weighted by Crippen LogP contribution is -2.36. The third-order valence-electron chi connectivity index (χ3n) is 7.38. The first-order valence-electron chi connectivity index (χ1n) is 13.3. The van der Waals surface area contributed by atoms with Crippen molar-refractivity contribution in [2.24, 2.45) is 0 Å². The van der Waals surface area contributed by atoms with Crippen molar-refractivity contribution in [3.05, 3.63) is 100 Å². The minimum atomic E-state index is -0.0751. The normalized spacial score (nSPS) is 15.3. The number of nitrogens with zero attached hydrogens (tertiary/aromatic N) is 3. The Labute approximate surface area is 242 Å². The van der Waals surface area contributed by atoms with Gasteiger partial charge in [0.05, 0.1) is 24.3 Å². The van der Waals surface area contributed by atoms with Crippen molar-refractivity contribution in [2.45, 2.75) is 19.0 Å². The number of fused-ring (bicyclic) bond motifs is 1. The highest BCUT2D eigenvalue weighted by molar-refractivity contribution is 6.31. The van der Waals surface area contributed by atoms with E-state index in [4.69, 9.17) is 28.2 Å². The molecule has 0 aliphatic carbocycles. The summed E-state index contributed by atoms with van der Waals surface area (Å²) < 4.78 is 2.09. The fourth-order valence-electron chi connectivity index (χ4n) is 5.47. The van der Waals surface area contributed by atoms with Crippen molar-refractivity contribution >= 4 is 40.0 Å². The van der Waals surface area contributed by atoms with Gasteiger partial charge in [-0.25, -0.2) is 4.98 Å². The van der Waals surface area contributed by atoms with Crippen LogP contribution in [0.4, 0.5) is 0 Å². The number of hydrogen-bond acceptors (Lipinski definition) is 4. The highest BCUT2D eigenvalue weighted by Crippen LogP contribution is 2.40. The van der Waals surface area contributed by atoms with Crippen molar-refractivity contribution in [3.8, 4) is 22.5 Å². The molecule has 3 N–H and O–H groups in total. The first-order valence-corrected chi connectivity index (χ1v) is 14.1. The van der Waals surface area contributed by atoms with Gasteiger partial charge in [0.15, 0.2) is 0 Å². The Morgan fingerprint density at radius 3 is 2.60 bits per heavy atom. The van der Waals surface area contributed by atoms with E-state index >= 15 is 0 Å². The van der Waals surface area contributed by atoms with E-state index in [1.807, 2.05) is 84.0 Å². The van der Waals surface area contributed by atoms with E-state index in [2.05, 4.69) is 14.9 Å². The largest absolute Gasteiger partial charge is 0.395 e. The molecule has 0 spiro atoms. The summed E-state index contributed by atoms with van der Waals surface area (Å²) in [5.41, 5.74) is 5.77. The molecule has 0 bridgehead atoms. The van der Waals surface area contributed by atoms with E-state index in [0.29, 0.717) is 41.9 Å². The molecule has 0 unspecified atom stereocenters. The minimum absolute atomic E-state index is 0.0667. The lowest BCUT2D eigenvalue weighted by atomic mass is 10.0. The van der Waals surface area contributed by atoms with Gasteiger partial charge in [0, 0.05) is 64.3 Å². The fraction of sp³-hybridized carbons (Fsp3) is 0.226. The summed E-state index contributed by atoms with van der Waals surface area (Å²) >= 11 is 12.5. The van der Waals surface area contributed by atoms with E-state index < -0.39 is 0 Å². The molecule has 6 rings (SSSR count). The van der Waals surface area contributed by atoms with Crippen LogP contribution in [0.2, 0.25) is 10.0 Å². The van der Waals surface area contributed by atoms with Crippen LogP contribution in [-0.2, 0) is 6.54 Å². The smallest absolute Gasteiger partial charge is 0.271 e. The van der Waals surface area contributed by atoms with Crippen LogP contribution in [-0.4, -0.2) is 62.7 Å². The number of likely N-dealkylation sites (tertiary alicyclic amines) is 1. The third-order valence-corrected chi connectivity index (χ3v) is 7.87. The second-order valence-electron chi connectivity index (χ2n) is 10.0. The maximum atomic E-state index is 14.1. The SMILES string of the molecule is O=C(c1[nH]c2cc(Cl)ccc2c1-c1c(-c2ccccc2)ncn1Cc1ccc(Cl)cc1)N1CC[C@H](NCCO)C1. The Bertz CT molecular complexity index is 1650. The predicted molar refractivity (Wildman–Crippen MR) is 160 cm³/mol. The van der Waals surface area contributed by atoms with Gasteiger partial charge in [-0.3, -0.25) is 4.79 Å². The standard InChI is InChI=1S/C31H29Cl2N5O2/c32-22-8-6-20(7-9-22)17-38-19-35-28(21-4-2-1-3-5-21)30(38)27-25-11-10-23(33)16-26(25)36-29(27)31(40)37-14-12-24(18-37)34-13-15-39/h1-11,16,19,24,34,36,39H,12-15,17-18H2/t24-/m0/s1. The predicted octanol–water partition coefficient (Wildman–Crippen LogP) is 5.85. The van der Waals surface area contributed by atoms with Crippen LogP contribution in [0.3, 0.4) is 0 Å². The second kappa shape index (κ2) is 11.5. The van der Waals surface area contributed by atoms with Gasteiger partial charge < -0.3 is 24.9 Å². The zero-order valence-electron chi connectivity index (χ0n) is 21.8. The molecule has 2 aromatic heterocycles. The van der Waals surface area contributed by atoms with Gasteiger partial charge in [0.25, 0.3) is 5.91 Å². The molecule has 1 amide bonds. The van der Waals surface area contributed by atoms with Gasteiger partial charge in [-0.1, -0.05) is 71.7 Å². The Morgan fingerprint density at radius 1 is 1.05 bits per heavy atom. The lowest BCUT2D eigenvalue weighted by molar-refractivity contribution is 0.0785. The van der Waals surface area contributed by atoms with Gasteiger partial charge in [-0.2, -0.15) is 0 Å². The van der Waals surface area contributed by atoms with Gasteiger partial charge in [0.1, 0.15) is 5.69 Å². The number of aliphatic hydroxyl groups excluding tert-OH is 1. The molecule has 3 aromatic carbocycles. The number of aromatic amines is 1. The van der Waals surface area contributed by atoms with Gasteiger partial charge in [-0.05, 0) is 36.2 Å². The highest BCUT2D eigenvalue weighted by atomic mass is 35.5. The molecule has 1 atom stereocenters. The molecule has 1 aliphatic heterocycles.